The van der Waals surface area contributed by atoms with Crippen LogP contribution in [0, 0.1) is 11.8 Å². The Morgan fingerprint density at radius 1 is 1.11 bits per heavy atom. The summed E-state index contributed by atoms with van der Waals surface area (Å²) in [6, 6.07) is 12.1. The third-order valence-electron chi connectivity index (χ3n) is 6.67. The van der Waals surface area contributed by atoms with Gasteiger partial charge in [0.1, 0.15) is 5.75 Å². The normalized spacial score (nSPS) is 15.1. The molecule has 0 unspecified atom stereocenters. The van der Waals surface area contributed by atoms with Crippen LogP contribution in [0.5, 0.6) is 5.75 Å². The van der Waals surface area contributed by atoms with Crippen molar-refractivity contribution in [2.75, 3.05) is 50.7 Å². The average molecular weight is 509 g/mol. The number of methoxy groups -OCH3 is 1. The molecule has 3 aromatic rings. The molecule has 0 spiro atoms. The van der Waals surface area contributed by atoms with E-state index in [0.29, 0.717) is 30.1 Å². The molecule has 7 nitrogen and oxygen atoms in total. The second-order valence-corrected chi connectivity index (χ2v) is 11.8. The Balaban J connectivity index is 1.58. The van der Waals surface area contributed by atoms with Gasteiger partial charge in [0.05, 0.1) is 29.8 Å². The first kappa shape index (κ1) is 25.9. The van der Waals surface area contributed by atoms with Crippen molar-refractivity contribution in [2.24, 2.45) is 0 Å². The minimum atomic E-state index is -3.31. The standard InChI is InChI=1S/C28H36N4O3S/c1-20(2)32-16-12-24-25(30-22-10-14-31(3)15-11-22)17-21(18-27(24)32)7-6-13-29-26-19-23(36(5,33)34)8-9-28(26)35-4/h8-9,12,16-20,22,29-30H,10-11,13-15H2,1-5H3. The van der Waals surface area contributed by atoms with Gasteiger partial charge >= 0.3 is 0 Å². The molecule has 0 amide bonds. The van der Waals surface area contributed by atoms with E-state index < -0.39 is 9.84 Å². The molecule has 1 aliphatic rings. The Labute approximate surface area is 214 Å². The molecule has 1 aliphatic heterocycles. The first-order valence-electron chi connectivity index (χ1n) is 12.4. The maximum atomic E-state index is 11.9. The number of fused-ring (bicyclic) bond motifs is 1. The van der Waals surface area contributed by atoms with Gasteiger partial charge in [0.25, 0.3) is 0 Å². The predicted molar refractivity (Wildman–Crippen MR) is 148 cm³/mol. The molecular weight excluding hydrogens is 472 g/mol. The SMILES string of the molecule is COc1ccc(S(C)(=O)=O)cc1NCC#Cc1cc(NC2CCN(C)CC2)c2ccn(C(C)C)c2c1. The minimum Gasteiger partial charge on any atom is -0.495 e. The van der Waals surface area contributed by atoms with Crippen LogP contribution in [0.2, 0.25) is 0 Å². The van der Waals surface area contributed by atoms with Crippen LogP contribution in [-0.4, -0.2) is 64.0 Å². The van der Waals surface area contributed by atoms with Crippen molar-refractivity contribution in [3.05, 3.63) is 48.2 Å². The molecule has 1 aromatic heterocycles. The van der Waals surface area contributed by atoms with E-state index in [1.807, 2.05) is 0 Å². The highest BCUT2D eigenvalue weighted by atomic mass is 32.2. The number of hydrogen-bond donors (Lipinski definition) is 2. The predicted octanol–water partition coefficient (Wildman–Crippen LogP) is 4.60. The summed E-state index contributed by atoms with van der Waals surface area (Å²) < 4.78 is 31.5. The number of hydrogen-bond acceptors (Lipinski definition) is 6. The van der Waals surface area contributed by atoms with Crippen molar-refractivity contribution in [3.8, 4) is 17.6 Å². The van der Waals surface area contributed by atoms with Crippen molar-refractivity contribution in [1.82, 2.24) is 9.47 Å². The van der Waals surface area contributed by atoms with Gasteiger partial charge in [-0.2, -0.15) is 0 Å². The molecule has 0 bridgehead atoms. The number of likely N-dealkylation sites (tertiary alicyclic amines) is 1. The fraction of sp³-hybridized carbons (Fsp3) is 0.429. The van der Waals surface area contributed by atoms with Gasteiger partial charge in [-0.25, -0.2) is 8.42 Å². The summed E-state index contributed by atoms with van der Waals surface area (Å²) in [5.74, 6) is 7.06. The van der Waals surface area contributed by atoms with Gasteiger partial charge in [0.2, 0.25) is 0 Å². The smallest absolute Gasteiger partial charge is 0.175 e. The van der Waals surface area contributed by atoms with E-state index >= 15 is 0 Å². The maximum Gasteiger partial charge on any atom is 0.175 e. The van der Waals surface area contributed by atoms with Crippen LogP contribution >= 0.6 is 0 Å². The molecule has 36 heavy (non-hydrogen) atoms. The summed E-state index contributed by atoms with van der Waals surface area (Å²) in [5.41, 5.74) is 3.84. The van der Waals surface area contributed by atoms with Gasteiger partial charge in [0.15, 0.2) is 9.84 Å². The van der Waals surface area contributed by atoms with Gasteiger partial charge in [-0.1, -0.05) is 11.8 Å². The number of benzene rings is 2. The van der Waals surface area contributed by atoms with Gasteiger partial charge in [-0.15, -0.1) is 0 Å². The lowest BCUT2D eigenvalue weighted by molar-refractivity contribution is 0.264. The van der Waals surface area contributed by atoms with Crippen LogP contribution in [0.25, 0.3) is 10.9 Å². The molecule has 8 heteroatoms. The summed E-state index contributed by atoms with van der Waals surface area (Å²) in [4.78, 5) is 2.61. The Morgan fingerprint density at radius 2 is 1.86 bits per heavy atom. The largest absolute Gasteiger partial charge is 0.495 e. The third-order valence-corrected chi connectivity index (χ3v) is 7.78. The monoisotopic (exact) mass is 508 g/mol. The molecular formula is C28H36N4O3S. The zero-order chi connectivity index (χ0) is 25.9. The highest BCUT2D eigenvalue weighted by Gasteiger charge is 2.18. The number of sulfone groups is 1. The van der Waals surface area contributed by atoms with Gasteiger partial charge < -0.3 is 24.8 Å². The van der Waals surface area contributed by atoms with Gasteiger partial charge in [0, 0.05) is 41.2 Å². The molecule has 1 saturated heterocycles. The van der Waals surface area contributed by atoms with Crippen LogP contribution < -0.4 is 15.4 Å². The Kier molecular flexibility index (Phi) is 7.82. The number of nitrogens with zero attached hydrogens (tertiary/aromatic N) is 2. The molecule has 4 rings (SSSR count). The molecule has 192 valence electrons. The second-order valence-electron chi connectivity index (χ2n) is 9.78. The Morgan fingerprint density at radius 3 is 2.53 bits per heavy atom. The fourth-order valence-electron chi connectivity index (χ4n) is 4.62. The quantitative estimate of drug-likeness (QED) is 0.454. The molecule has 0 saturated carbocycles. The van der Waals surface area contributed by atoms with Gasteiger partial charge in [-0.05, 0) is 83.2 Å². The van der Waals surface area contributed by atoms with Crippen LogP contribution in [-0.2, 0) is 9.84 Å². The number of piperidine rings is 1. The summed E-state index contributed by atoms with van der Waals surface area (Å²) in [5, 5.41) is 8.21. The molecule has 0 atom stereocenters. The first-order valence-corrected chi connectivity index (χ1v) is 14.3. The van der Waals surface area contributed by atoms with Gasteiger partial charge in [-0.3, -0.25) is 0 Å². The average Bonchev–Trinajstić information content (AvgIpc) is 3.27. The summed E-state index contributed by atoms with van der Waals surface area (Å²) in [6.07, 6.45) is 5.59. The van der Waals surface area contributed by atoms with Crippen LogP contribution in [0.1, 0.15) is 38.3 Å². The van der Waals surface area contributed by atoms with Crippen LogP contribution in [0.15, 0.2) is 47.5 Å². The number of aromatic nitrogens is 1. The maximum absolute atomic E-state index is 11.9. The summed E-state index contributed by atoms with van der Waals surface area (Å²) >= 11 is 0. The first-order chi connectivity index (χ1) is 17.2. The lowest BCUT2D eigenvalue weighted by Crippen LogP contribution is -2.36. The minimum absolute atomic E-state index is 0.239. The zero-order valence-corrected chi connectivity index (χ0v) is 22.6. The lowest BCUT2D eigenvalue weighted by atomic mass is 10.0. The molecule has 2 aromatic carbocycles. The number of rotatable bonds is 7. The second kappa shape index (κ2) is 10.9. The topological polar surface area (TPSA) is 75.6 Å². The van der Waals surface area contributed by atoms with E-state index in [0.717, 1.165) is 37.2 Å². The number of ether oxygens (including phenoxy) is 1. The third kappa shape index (κ3) is 5.97. The molecule has 0 aliphatic carbocycles. The van der Waals surface area contributed by atoms with E-state index in [1.165, 1.54) is 17.2 Å². The van der Waals surface area contributed by atoms with E-state index in [2.05, 4.69) is 77.2 Å². The Bertz CT molecular complexity index is 1390. The van der Waals surface area contributed by atoms with E-state index in [-0.39, 0.29) is 4.90 Å². The van der Waals surface area contributed by atoms with Crippen molar-refractivity contribution >= 4 is 32.1 Å². The lowest BCUT2D eigenvalue weighted by Gasteiger charge is -2.30. The van der Waals surface area contributed by atoms with Crippen LogP contribution in [0.3, 0.4) is 0 Å². The highest BCUT2D eigenvalue weighted by Crippen LogP contribution is 2.31. The van der Waals surface area contributed by atoms with Crippen molar-refractivity contribution in [1.29, 1.82) is 0 Å². The van der Waals surface area contributed by atoms with Crippen molar-refractivity contribution < 1.29 is 13.2 Å². The summed E-state index contributed by atoms with van der Waals surface area (Å²) in [7, 11) is 0.421. The Hall–Kier alpha value is -3.15. The van der Waals surface area contributed by atoms with E-state index in [9.17, 15) is 8.42 Å². The van der Waals surface area contributed by atoms with Crippen molar-refractivity contribution in [3.63, 3.8) is 0 Å². The fourth-order valence-corrected chi connectivity index (χ4v) is 5.27. The molecule has 2 heterocycles. The van der Waals surface area contributed by atoms with Crippen LogP contribution in [0.4, 0.5) is 11.4 Å². The zero-order valence-electron chi connectivity index (χ0n) is 21.8. The molecule has 2 N–H and O–H groups in total. The van der Waals surface area contributed by atoms with Crippen molar-refractivity contribution in [2.45, 2.75) is 43.7 Å². The number of anilines is 2. The number of nitrogens with one attached hydrogen (secondary N) is 2. The molecule has 0 radical (unpaired) electrons. The molecule has 1 fully saturated rings. The van der Waals surface area contributed by atoms with E-state index in [1.54, 1.807) is 25.3 Å². The summed E-state index contributed by atoms with van der Waals surface area (Å²) in [6.45, 7) is 6.92. The highest BCUT2D eigenvalue weighted by molar-refractivity contribution is 7.90. The van der Waals surface area contributed by atoms with E-state index in [4.69, 9.17) is 4.74 Å².